The predicted molar refractivity (Wildman–Crippen MR) is 72.1 cm³/mol. The van der Waals surface area contributed by atoms with Gasteiger partial charge in [-0.2, -0.15) is 0 Å². The molecule has 0 bridgehead atoms. The standard InChI is InChI=1S/C14H18N2O3/c1-9(14(18)19)7-15-8-10-3-4-12-11(5-10)6-13(17)16(12)2/h3-5,9,15H,6-8H2,1-2H3,(H,18,19). The molecule has 0 fully saturated rings. The van der Waals surface area contributed by atoms with Crippen LogP contribution in [0.25, 0.3) is 0 Å². The van der Waals surface area contributed by atoms with Gasteiger partial charge in [-0.1, -0.05) is 19.1 Å². The van der Waals surface area contributed by atoms with E-state index in [1.165, 1.54) is 0 Å². The summed E-state index contributed by atoms with van der Waals surface area (Å²) in [5.74, 6) is -1.09. The van der Waals surface area contributed by atoms with Crippen LogP contribution in [0.4, 0.5) is 5.69 Å². The van der Waals surface area contributed by atoms with Crippen molar-refractivity contribution in [3.05, 3.63) is 29.3 Å². The van der Waals surface area contributed by atoms with E-state index in [4.69, 9.17) is 5.11 Å². The van der Waals surface area contributed by atoms with E-state index >= 15 is 0 Å². The van der Waals surface area contributed by atoms with Crippen molar-refractivity contribution in [3.8, 4) is 0 Å². The third kappa shape index (κ3) is 2.93. The van der Waals surface area contributed by atoms with E-state index in [2.05, 4.69) is 5.32 Å². The average molecular weight is 262 g/mol. The highest BCUT2D eigenvalue weighted by atomic mass is 16.4. The normalized spacial score (nSPS) is 15.5. The van der Waals surface area contributed by atoms with E-state index in [0.29, 0.717) is 19.5 Å². The molecule has 0 aromatic heterocycles. The van der Waals surface area contributed by atoms with Crippen LogP contribution < -0.4 is 10.2 Å². The minimum atomic E-state index is -0.798. The van der Waals surface area contributed by atoms with E-state index in [9.17, 15) is 9.59 Å². The molecule has 2 rings (SSSR count). The van der Waals surface area contributed by atoms with Gasteiger partial charge < -0.3 is 15.3 Å². The van der Waals surface area contributed by atoms with Crippen molar-refractivity contribution in [2.75, 3.05) is 18.5 Å². The highest BCUT2D eigenvalue weighted by Crippen LogP contribution is 2.28. The molecule has 0 aliphatic carbocycles. The largest absolute Gasteiger partial charge is 0.481 e. The number of carboxylic acids is 1. The molecule has 0 spiro atoms. The molecule has 5 nitrogen and oxygen atoms in total. The van der Waals surface area contributed by atoms with Crippen LogP contribution in [0.2, 0.25) is 0 Å². The summed E-state index contributed by atoms with van der Waals surface area (Å²) in [6.07, 6.45) is 0.450. The summed E-state index contributed by atoms with van der Waals surface area (Å²) in [5.41, 5.74) is 3.07. The lowest BCUT2D eigenvalue weighted by atomic mass is 10.1. The Kier molecular flexibility index (Phi) is 3.85. The van der Waals surface area contributed by atoms with Gasteiger partial charge in [0.15, 0.2) is 0 Å². The molecule has 19 heavy (non-hydrogen) atoms. The SMILES string of the molecule is CC(CNCc1ccc2c(c1)CC(=O)N2C)C(=O)O. The van der Waals surface area contributed by atoms with Crippen LogP contribution in [0.15, 0.2) is 18.2 Å². The van der Waals surface area contributed by atoms with Gasteiger partial charge in [0, 0.05) is 25.8 Å². The summed E-state index contributed by atoms with van der Waals surface area (Å²) in [4.78, 5) is 23.9. The Labute approximate surface area is 112 Å². The number of hydrogen-bond donors (Lipinski definition) is 2. The molecule has 102 valence electrons. The maximum Gasteiger partial charge on any atom is 0.307 e. The zero-order valence-electron chi connectivity index (χ0n) is 11.1. The Morgan fingerprint density at radius 2 is 2.26 bits per heavy atom. The number of carbonyl (C=O) groups is 2. The minimum absolute atomic E-state index is 0.111. The molecule has 1 heterocycles. The molecule has 0 saturated heterocycles. The average Bonchev–Trinajstić information content (AvgIpc) is 2.64. The van der Waals surface area contributed by atoms with Crippen molar-refractivity contribution in [3.63, 3.8) is 0 Å². The highest BCUT2D eigenvalue weighted by molar-refractivity contribution is 6.00. The van der Waals surface area contributed by atoms with Gasteiger partial charge in [-0.25, -0.2) is 0 Å². The van der Waals surface area contributed by atoms with Crippen molar-refractivity contribution < 1.29 is 14.7 Å². The van der Waals surface area contributed by atoms with Gasteiger partial charge in [0.1, 0.15) is 0 Å². The van der Waals surface area contributed by atoms with Gasteiger partial charge in [0.2, 0.25) is 5.91 Å². The molecule has 1 aromatic carbocycles. The Hall–Kier alpha value is -1.88. The van der Waals surface area contributed by atoms with Crippen molar-refractivity contribution in [1.82, 2.24) is 5.32 Å². The van der Waals surface area contributed by atoms with Crippen LogP contribution in [0.1, 0.15) is 18.1 Å². The van der Waals surface area contributed by atoms with Crippen LogP contribution in [-0.2, 0) is 22.6 Å². The first-order chi connectivity index (χ1) is 8.99. The van der Waals surface area contributed by atoms with Gasteiger partial charge in [0.05, 0.1) is 12.3 Å². The van der Waals surface area contributed by atoms with Crippen molar-refractivity contribution in [1.29, 1.82) is 0 Å². The number of hydrogen-bond acceptors (Lipinski definition) is 3. The number of carbonyl (C=O) groups excluding carboxylic acids is 1. The summed E-state index contributed by atoms with van der Waals surface area (Å²) < 4.78 is 0. The Bertz CT molecular complexity index is 513. The summed E-state index contributed by atoms with van der Waals surface area (Å²) >= 11 is 0. The number of likely N-dealkylation sites (N-methyl/N-ethyl adjacent to an activating group) is 1. The smallest absolute Gasteiger partial charge is 0.307 e. The lowest BCUT2D eigenvalue weighted by Crippen LogP contribution is -2.25. The fourth-order valence-electron chi connectivity index (χ4n) is 2.15. The molecule has 1 aliphatic heterocycles. The Balaban J connectivity index is 1.95. The number of amides is 1. The molecule has 1 aliphatic rings. The first-order valence-corrected chi connectivity index (χ1v) is 6.31. The molecular weight excluding hydrogens is 244 g/mol. The zero-order chi connectivity index (χ0) is 14.0. The molecule has 1 aromatic rings. The second-order valence-corrected chi connectivity index (χ2v) is 4.96. The van der Waals surface area contributed by atoms with Gasteiger partial charge >= 0.3 is 5.97 Å². The molecule has 0 saturated carbocycles. The number of carboxylic acid groups (broad SMARTS) is 1. The highest BCUT2D eigenvalue weighted by Gasteiger charge is 2.23. The van der Waals surface area contributed by atoms with Gasteiger partial charge in [-0.15, -0.1) is 0 Å². The molecule has 2 N–H and O–H groups in total. The molecule has 1 atom stereocenters. The summed E-state index contributed by atoms with van der Waals surface area (Å²) in [5, 5.41) is 11.9. The molecule has 1 unspecified atom stereocenters. The summed E-state index contributed by atoms with van der Waals surface area (Å²) in [6.45, 7) is 2.72. The third-order valence-electron chi connectivity index (χ3n) is 3.42. The number of nitrogens with zero attached hydrogens (tertiary/aromatic N) is 1. The Morgan fingerprint density at radius 1 is 1.53 bits per heavy atom. The minimum Gasteiger partial charge on any atom is -0.481 e. The van der Waals surface area contributed by atoms with Crippen LogP contribution in [-0.4, -0.2) is 30.6 Å². The van der Waals surface area contributed by atoms with E-state index in [1.807, 2.05) is 18.2 Å². The monoisotopic (exact) mass is 262 g/mol. The molecular formula is C14H18N2O3. The second-order valence-electron chi connectivity index (χ2n) is 4.96. The van der Waals surface area contributed by atoms with Crippen molar-refractivity contribution in [2.45, 2.75) is 19.9 Å². The number of nitrogens with one attached hydrogen (secondary N) is 1. The fraction of sp³-hybridized carbons (Fsp3) is 0.429. The first-order valence-electron chi connectivity index (χ1n) is 6.31. The van der Waals surface area contributed by atoms with E-state index < -0.39 is 11.9 Å². The van der Waals surface area contributed by atoms with Crippen LogP contribution in [0, 0.1) is 5.92 Å². The van der Waals surface area contributed by atoms with Crippen LogP contribution >= 0.6 is 0 Å². The summed E-state index contributed by atoms with van der Waals surface area (Å²) in [6, 6.07) is 5.92. The maximum absolute atomic E-state index is 11.6. The number of fused-ring (bicyclic) bond motifs is 1. The topological polar surface area (TPSA) is 69.6 Å². The molecule has 0 radical (unpaired) electrons. The Morgan fingerprint density at radius 3 is 2.95 bits per heavy atom. The van der Waals surface area contributed by atoms with Crippen LogP contribution in [0.5, 0.6) is 0 Å². The number of rotatable bonds is 5. The summed E-state index contributed by atoms with van der Waals surface area (Å²) in [7, 11) is 1.78. The lowest BCUT2D eigenvalue weighted by Gasteiger charge is -2.11. The third-order valence-corrected chi connectivity index (χ3v) is 3.42. The predicted octanol–water partition coefficient (Wildman–Crippen LogP) is 1.02. The number of benzene rings is 1. The van der Waals surface area contributed by atoms with E-state index in [1.54, 1.807) is 18.9 Å². The quantitative estimate of drug-likeness (QED) is 0.831. The van der Waals surface area contributed by atoms with Crippen molar-refractivity contribution >= 4 is 17.6 Å². The first kappa shape index (κ1) is 13.5. The molecule has 1 amide bonds. The lowest BCUT2D eigenvalue weighted by molar-refractivity contribution is -0.140. The fourth-order valence-corrected chi connectivity index (χ4v) is 2.15. The second kappa shape index (κ2) is 5.40. The van der Waals surface area contributed by atoms with Crippen molar-refractivity contribution in [2.24, 2.45) is 5.92 Å². The van der Waals surface area contributed by atoms with E-state index in [0.717, 1.165) is 16.8 Å². The number of anilines is 1. The van der Waals surface area contributed by atoms with E-state index in [-0.39, 0.29) is 5.91 Å². The number of aliphatic carboxylic acids is 1. The van der Waals surface area contributed by atoms with Gasteiger partial charge in [0.25, 0.3) is 0 Å². The maximum atomic E-state index is 11.6. The van der Waals surface area contributed by atoms with Gasteiger partial charge in [-0.3, -0.25) is 9.59 Å². The van der Waals surface area contributed by atoms with Crippen LogP contribution in [0.3, 0.4) is 0 Å². The molecule has 5 heteroatoms. The zero-order valence-corrected chi connectivity index (χ0v) is 11.1. The van der Waals surface area contributed by atoms with Gasteiger partial charge in [-0.05, 0) is 17.2 Å².